The minimum atomic E-state index is -0.807. The highest BCUT2D eigenvalue weighted by atomic mass is 16.6. The van der Waals surface area contributed by atoms with Gasteiger partial charge in [0.2, 0.25) is 0 Å². The van der Waals surface area contributed by atoms with Crippen LogP contribution in [0, 0.1) is 0 Å². The van der Waals surface area contributed by atoms with Gasteiger partial charge in [-0.25, -0.2) is 0 Å². The number of rotatable bonds is 54. The summed E-state index contributed by atoms with van der Waals surface area (Å²) in [5, 5.41) is 0. The van der Waals surface area contributed by atoms with Gasteiger partial charge in [0.15, 0.2) is 6.10 Å². The van der Waals surface area contributed by atoms with Gasteiger partial charge in [0, 0.05) is 19.3 Å². The van der Waals surface area contributed by atoms with Crippen LogP contribution < -0.4 is 0 Å². The van der Waals surface area contributed by atoms with Crippen molar-refractivity contribution in [3.8, 4) is 0 Å². The van der Waals surface area contributed by atoms with Crippen LogP contribution >= 0.6 is 0 Å². The topological polar surface area (TPSA) is 78.9 Å². The molecule has 0 aliphatic carbocycles. The first kappa shape index (κ1) is 72.0. The predicted octanol–water partition coefficient (Wildman–Crippen LogP) is 21.3. The molecule has 0 N–H and O–H groups in total. The van der Waals surface area contributed by atoms with Gasteiger partial charge in [0.1, 0.15) is 13.2 Å². The zero-order valence-electron chi connectivity index (χ0n) is 49.4. The van der Waals surface area contributed by atoms with E-state index in [1.54, 1.807) is 0 Å². The van der Waals surface area contributed by atoms with E-state index in [9.17, 15) is 14.4 Å². The number of esters is 3. The lowest BCUT2D eigenvalue weighted by atomic mass is 10.1. The molecule has 0 heterocycles. The smallest absolute Gasteiger partial charge is 0.306 e. The van der Waals surface area contributed by atoms with Gasteiger partial charge < -0.3 is 14.2 Å². The molecule has 0 aromatic heterocycles. The molecule has 77 heavy (non-hydrogen) atoms. The fourth-order valence-electron chi connectivity index (χ4n) is 7.95. The molecule has 1 unspecified atom stereocenters. The molecule has 432 valence electrons. The van der Waals surface area contributed by atoms with E-state index >= 15 is 0 Å². The number of hydrogen-bond donors (Lipinski definition) is 0. The van der Waals surface area contributed by atoms with Gasteiger partial charge in [-0.1, -0.05) is 262 Å². The van der Waals surface area contributed by atoms with E-state index in [4.69, 9.17) is 14.2 Å². The third-order valence-electron chi connectivity index (χ3n) is 12.5. The number of hydrogen-bond acceptors (Lipinski definition) is 6. The molecule has 0 aliphatic rings. The van der Waals surface area contributed by atoms with Crippen molar-refractivity contribution in [1.82, 2.24) is 0 Å². The summed E-state index contributed by atoms with van der Waals surface area (Å²) in [5.41, 5.74) is 0. The van der Waals surface area contributed by atoms with Crippen molar-refractivity contribution in [3.63, 3.8) is 0 Å². The van der Waals surface area contributed by atoms with Crippen molar-refractivity contribution in [2.45, 2.75) is 258 Å². The highest BCUT2D eigenvalue weighted by molar-refractivity contribution is 5.71. The molecule has 0 saturated heterocycles. The summed E-state index contributed by atoms with van der Waals surface area (Å²) in [7, 11) is 0. The van der Waals surface area contributed by atoms with Crippen molar-refractivity contribution >= 4 is 17.9 Å². The van der Waals surface area contributed by atoms with Crippen LogP contribution in [0.25, 0.3) is 0 Å². The fourth-order valence-corrected chi connectivity index (χ4v) is 7.95. The maximum atomic E-state index is 12.8. The van der Waals surface area contributed by atoms with Gasteiger partial charge in [-0.3, -0.25) is 14.4 Å². The third kappa shape index (κ3) is 61.8. The molecule has 6 nitrogen and oxygen atoms in total. The summed E-state index contributed by atoms with van der Waals surface area (Å²) in [6, 6.07) is 0. The molecule has 0 amide bonds. The lowest BCUT2D eigenvalue weighted by Gasteiger charge is -2.18. The first-order valence-electron chi connectivity index (χ1n) is 31.0. The van der Waals surface area contributed by atoms with Crippen molar-refractivity contribution in [1.29, 1.82) is 0 Å². The van der Waals surface area contributed by atoms with E-state index in [2.05, 4.69) is 179 Å². The maximum Gasteiger partial charge on any atom is 0.306 e. The average molecular weight is 1060 g/mol. The predicted molar refractivity (Wildman–Crippen MR) is 334 cm³/mol. The molecule has 0 aromatic carbocycles. The summed E-state index contributed by atoms with van der Waals surface area (Å²) >= 11 is 0. The van der Waals surface area contributed by atoms with Crippen molar-refractivity contribution in [2.75, 3.05) is 13.2 Å². The minimum absolute atomic E-state index is 0.101. The van der Waals surface area contributed by atoms with Crippen LogP contribution in [0.1, 0.15) is 252 Å². The quantitative estimate of drug-likeness (QED) is 0.0261. The summed E-state index contributed by atoms with van der Waals surface area (Å²) in [6.45, 7) is 6.34. The van der Waals surface area contributed by atoms with E-state index in [0.717, 1.165) is 161 Å². The molecule has 0 fully saturated rings. The maximum absolute atomic E-state index is 12.8. The van der Waals surface area contributed by atoms with Gasteiger partial charge in [0.05, 0.1) is 0 Å². The van der Waals surface area contributed by atoms with Gasteiger partial charge in [-0.05, 0) is 128 Å². The first-order valence-corrected chi connectivity index (χ1v) is 31.0. The van der Waals surface area contributed by atoms with Gasteiger partial charge in [0.25, 0.3) is 0 Å². The highest BCUT2D eigenvalue weighted by Crippen LogP contribution is 2.14. The molecule has 0 radical (unpaired) electrons. The van der Waals surface area contributed by atoms with Crippen LogP contribution in [0.2, 0.25) is 0 Å². The molecule has 0 saturated carbocycles. The summed E-state index contributed by atoms with van der Waals surface area (Å²) in [6.07, 6.45) is 92.5. The molecule has 1 atom stereocenters. The van der Waals surface area contributed by atoms with E-state index in [1.807, 2.05) is 0 Å². The van der Waals surface area contributed by atoms with Crippen LogP contribution in [0.3, 0.4) is 0 Å². The lowest BCUT2D eigenvalue weighted by Crippen LogP contribution is -2.30. The molecule has 0 spiro atoms. The zero-order chi connectivity index (χ0) is 55.7. The van der Waals surface area contributed by atoms with Gasteiger partial charge in [-0.2, -0.15) is 0 Å². The Labute approximate surface area is 473 Å². The molecular weight excluding hydrogens is 949 g/mol. The van der Waals surface area contributed by atoms with E-state index in [0.29, 0.717) is 12.8 Å². The zero-order valence-corrected chi connectivity index (χ0v) is 49.4. The Morgan fingerprint density at radius 1 is 0.273 bits per heavy atom. The number of carbonyl (C=O) groups is 3. The largest absolute Gasteiger partial charge is 0.462 e. The third-order valence-corrected chi connectivity index (χ3v) is 12.5. The molecule has 6 heteroatoms. The van der Waals surface area contributed by atoms with Crippen molar-refractivity contribution in [3.05, 3.63) is 158 Å². The summed E-state index contributed by atoms with van der Waals surface area (Å²) in [4.78, 5) is 38.1. The lowest BCUT2D eigenvalue weighted by molar-refractivity contribution is -0.167. The van der Waals surface area contributed by atoms with Crippen LogP contribution in [0.5, 0.6) is 0 Å². The average Bonchev–Trinajstić information content (AvgIpc) is 3.43. The summed E-state index contributed by atoms with van der Waals surface area (Å²) < 4.78 is 16.8. The van der Waals surface area contributed by atoms with Crippen molar-refractivity contribution < 1.29 is 28.6 Å². The number of allylic oxidation sites excluding steroid dienone is 26. The summed E-state index contributed by atoms with van der Waals surface area (Å²) in [5.74, 6) is -0.957. The SMILES string of the molecule is CC/C=C\C/C=C\C/C=C\C/C=C\C/C=C\C/C=C\C/C=C\C/C=C\CCCCCCCCC(=O)OCC(COC(=O)CCCCCCCCCCC)OC(=O)CCCCC/C=C\C/C=C\C/C=C\C/C=C\C/C=C\CC. The Hall–Kier alpha value is -4.97. The highest BCUT2D eigenvalue weighted by Gasteiger charge is 2.19. The molecule has 0 aromatic rings. The molecule has 0 bridgehead atoms. The van der Waals surface area contributed by atoms with Crippen molar-refractivity contribution in [2.24, 2.45) is 0 Å². The van der Waals surface area contributed by atoms with Gasteiger partial charge in [-0.15, -0.1) is 0 Å². The molecule has 0 rings (SSSR count). The number of carbonyl (C=O) groups excluding carboxylic acids is 3. The van der Waals surface area contributed by atoms with Gasteiger partial charge >= 0.3 is 17.9 Å². The Kier molecular flexibility index (Phi) is 59.5. The standard InChI is InChI=1S/C71H112O6/c1-4-7-10-13-16-19-21-23-25-27-29-30-31-32-33-34-35-36-37-38-39-40-42-43-45-47-49-52-55-58-61-64-70(73)76-67-68(66-75-69(72)63-60-57-54-51-18-15-12-9-6-3)77-71(74)65-62-59-56-53-50-48-46-44-41-28-26-24-22-20-17-14-11-8-5-2/h7-8,10-11,16-17,19-20,23-26,29-30,32-33,35-36,38-39,41-44,48,50,68H,4-6,9,12-15,18,21-22,27-28,31,34,37,40,45-47,49,51-67H2,1-3H3/b10-7-,11-8-,19-16-,20-17-,25-23-,26-24-,30-29-,33-32-,36-35-,39-38-,43-42-,44-41-,50-48-. The Morgan fingerprint density at radius 2 is 0.506 bits per heavy atom. The second kappa shape index (κ2) is 63.6. The van der Waals surface area contributed by atoms with Crippen LogP contribution in [-0.2, 0) is 28.6 Å². The van der Waals surface area contributed by atoms with E-state index in [1.165, 1.54) is 51.4 Å². The second-order valence-electron chi connectivity index (χ2n) is 19.9. The molecular formula is C71H112O6. The second-order valence-corrected chi connectivity index (χ2v) is 19.9. The van der Waals surface area contributed by atoms with Crippen LogP contribution in [0.15, 0.2) is 158 Å². The monoisotopic (exact) mass is 1060 g/mol. The normalized spacial score (nSPS) is 13.2. The number of unbranched alkanes of at least 4 members (excludes halogenated alkanes) is 17. The Morgan fingerprint density at radius 3 is 0.805 bits per heavy atom. The fraction of sp³-hybridized carbons (Fsp3) is 0.592. The van der Waals surface area contributed by atoms with E-state index < -0.39 is 6.10 Å². The first-order chi connectivity index (χ1) is 38.0. The Balaban J connectivity index is 4.33. The van der Waals surface area contributed by atoms with Crippen LogP contribution in [0.4, 0.5) is 0 Å². The Bertz CT molecular complexity index is 1740. The van der Waals surface area contributed by atoms with Crippen LogP contribution in [-0.4, -0.2) is 37.2 Å². The van der Waals surface area contributed by atoms with E-state index in [-0.39, 0.29) is 37.5 Å². The number of ether oxygens (including phenoxy) is 3. The molecule has 0 aliphatic heterocycles. The minimum Gasteiger partial charge on any atom is -0.462 e.